The number of hydrogen-bond donors (Lipinski definition) is 1. The average Bonchev–Trinajstić information content (AvgIpc) is 3.35. The fourth-order valence-electron chi connectivity index (χ4n) is 3.10. The Balaban J connectivity index is 1.74. The summed E-state index contributed by atoms with van der Waals surface area (Å²) in [6.07, 6.45) is -3.68. The van der Waals surface area contributed by atoms with Gasteiger partial charge < -0.3 is 0 Å². The van der Waals surface area contributed by atoms with Crippen molar-refractivity contribution in [3.63, 3.8) is 0 Å². The average molecular weight is 410 g/mol. The van der Waals surface area contributed by atoms with Crippen LogP contribution in [0.2, 0.25) is 0 Å². The van der Waals surface area contributed by atoms with E-state index in [-0.39, 0.29) is 11.0 Å². The van der Waals surface area contributed by atoms with Crippen molar-refractivity contribution < 1.29 is 13.2 Å². The van der Waals surface area contributed by atoms with Crippen molar-refractivity contribution >= 4 is 16.3 Å². The Morgan fingerprint density at radius 1 is 1.21 bits per heavy atom. The molecule has 4 heterocycles. The third-order valence-corrected chi connectivity index (χ3v) is 5.57. The van der Waals surface area contributed by atoms with Crippen LogP contribution in [-0.4, -0.2) is 39.8 Å². The fraction of sp³-hybridized carbons (Fsp3) is 0.438. The molecular weight excluding hydrogens is 393 g/mol. The molecule has 0 aliphatic rings. The monoisotopic (exact) mass is 410 g/mol. The number of aromatic nitrogens is 8. The first kappa shape index (κ1) is 18.6. The smallest absolute Gasteiger partial charge is 0.275 e. The second kappa shape index (κ2) is 6.40. The summed E-state index contributed by atoms with van der Waals surface area (Å²) in [4.78, 5) is 0.0652. The van der Waals surface area contributed by atoms with Crippen LogP contribution in [0.4, 0.5) is 13.2 Å². The van der Waals surface area contributed by atoms with E-state index in [0.717, 1.165) is 34.7 Å². The standard InChI is InChI=1S/C16H17F3N8S/c1-5-7(2)26-9(4)12(8(3)24-26)10-6-11(21-20-10)13-25-27-14(16(17,18)19)22-23-15(27)28-13/h6-7H,5H2,1-4H3,(H,20,21). The van der Waals surface area contributed by atoms with Crippen LogP contribution in [0.1, 0.15) is 43.5 Å². The minimum atomic E-state index is -4.62. The zero-order chi connectivity index (χ0) is 20.2. The van der Waals surface area contributed by atoms with Crippen molar-refractivity contribution in [2.24, 2.45) is 0 Å². The molecule has 0 radical (unpaired) electrons. The Bertz CT molecular complexity index is 1150. The third kappa shape index (κ3) is 2.87. The molecule has 0 amide bonds. The molecule has 0 bridgehead atoms. The number of nitrogens with zero attached hydrogens (tertiary/aromatic N) is 7. The molecule has 0 saturated heterocycles. The van der Waals surface area contributed by atoms with E-state index in [1.54, 1.807) is 6.07 Å². The van der Waals surface area contributed by atoms with Gasteiger partial charge in [0.2, 0.25) is 4.96 Å². The zero-order valence-electron chi connectivity index (χ0n) is 15.5. The summed E-state index contributed by atoms with van der Waals surface area (Å²) in [7, 11) is 0. The molecule has 0 aromatic carbocycles. The number of nitrogens with one attached hydrogen (secondary N) is 1. The summed E-state index contributed by atoms with van der Waals surface area (Å²) in [5, 5.41) is 22.9. The highest BCUT2D eigenvalue weighted by Gasteiger charge is 2.38. The highest BCUT2D eigenvalue weighted by atomic mass is 32.1. The van der Waals surface area contributed by atoms with Gasteiger partial charge in [-0.15, -0.1) is 10.2 Å². The molecule has 8 nitrogen and oxygen atoms in total. The number of halogens is 3. The Hall–Kier alpha value is -2.76. The maximum Gasteiger partial charge on any atom is 0.453 e. The van der Waals surface area contributed by atoms with Crippen molar-refractivity contribution in [2.75, 3.05) is 0 Å². The molecule has 4 rings (SSSR count). The molecule has 0 aliphatic carbocycles. The lowest BCUT2D eigenvalue weighted by Gasteiger charge is -2.11. The number of alkyl halides is 3. The van der Waals surface area contributed by atoms with E-state index in [4.69, 9.17) is 0 Å². The van der Waals surface area contributed by atoms with Gasteiger partial charge >= 0.3 is 6.18 Å². The van der Waals surface area contributed by atoms with Crippen LogP contribution < -0.4 is 0 Å². The highest BCUT2D eigenvalue weighted by Crippen LogP contribution is 2.33. The first-order valence-corrected chi connectivity index (χ1v) is 9.43. The van der Waals surface area contributed by atoms with Gasteiger partial charge in [0.1, 0.15) is 0 Å². The zero-order valence-corrected chi connectivity index (χ0v) is 16.4. The first-order chi connectivity index (χ1) is 13.2. The summed E-state index contributed by atoms with van der Waals surface area (Å²) in [5.74, 6) is -1.15. The molecule has 148 valence electrons. The van der Waals surface area contributed by atoms with Gasteiger partial charge in [-0.2, -0.15) is 33.0 Å². The number of fused-ring (bicyclic) bond motifs is 1. The number of aromatic amines is 1. The molecule has 1 N–H and O–H groups in total. The number of aryl methyl sites for hydroxylation is 1. The van der Waals surface area contributed by atoms with Gasteiger partial charge in [-0.25, -0.2) is 0 Å². The molecule has 4 aromatic heterocycles. The van der Waals surface area contributed by atoms with Crippen molar-refractivity contribution in [3.8, 4) is 22.0 Å². The van der Waals surface area contributed by atoms with Crippen molar-refractivity contribution in [1.82, 2.24) is 39.8 Å². The number of hydrogen-bond acceptors (Lipinski definition) is 6. The molecule has 28 heavy (non-hydrogen) atoms. The predicted octanol–water partition coefficient (Wildman–Crippen LogP) is 4.05. The third-order valence-electron chi connectivity index (χ3n) is 4.64. The lowest BCUT2D eigenvalue weighted by Crippen LogP contribution is -2.11. The molecule has 12 heteroatoms. The maximum absolute atomic E-state index is 13.0. The molecule has 0 saturated carbocycles. The van der Waals surface area contributed by atoms with E-state index in [2.05, 4.69) is 44.4 Å². The lowest BCUT2D eigenvalue weighted by molar-refractivity contribution is -0.146. The van der Waals surface area contributed by atoms with Gasteiger partial charge in [0.05, 0.1) is 17.1 Å². The van der Waals surface area contributed by atoms with E-state index in [1.165, 1.54) is 0 Å². The van der Waals surface area contributed by atoms with Gasteiger partial charge in [0.25, 0.3) is 5.82 Å². The van der Waals surface area contributed by atoms with Crippen LogP contribution in [0, 0.1) is 13.8 Å². The van der Waals surface area contributed by atoms with Gasteiger partial charge in [-0.3, -0.25) is 9.78 Å². The minimum absolute atomic E-state index is 0.0652. The van der Waals surface area contributed by atoms with Crippen LogP contribution in [0.25, 0.3) is 26.9 Å². The summed E-state index contributed by atoms with van der Waals surface area (Å²) < 4.78 is 41.6. The van der Waals surface area contributed by atoms with Gasteiger partial charge in [-0.05, 0) is 33.3 Å². The highest BCUT2D eigenvalue weighted by molar-refractivity contribution is 7.19. The predicted molar refractivity (Wildman–Crippen MR) is 96.9 cm³/mol. The van der Waals surface area contributed by atoms with Crippen LogP contribution in [-0.2, 0) is 6.18 Å². The fourth-order valence-corrected chi connectivity index (χ4v) is 3.90. The van der Waals surface area contributed by atoms with E-state index < -0.39 is 12.0 Å². The largest absolute Gasteiger partial charge is 0.453 e. The second-order valence-corrected chi connectivity index (χ2v) is 7.49. The van der Waals surface area contributed by atoms with Gasteiger partial charge in [0, 0.05) is 17.3 Å². The van der Waals surface area contributed by atoms with Crippen molar-refractivity contribution in [1.29, 1.82) is 0 Å². The van der Waals surface area contributed by atoms with Crippen molar-refractivity contribution in [2.45, 2.75) is 46.3 Å². The van der Waals surface area contributed by atoms with E-state index >= 15 is 0 Å². The van der Waals surface area contributed by atoms with Gasteiger partial charge in [0.15, 0.2) is 5.01 Å². The van der Waals surface area contributed by atoms with Gasteiger partial charge in [-0.1, -0.05) is 18.3 Å². The molecule has 0 spiro atoms. The van der Waals surface area contributed by atoms with Crippen LogP contribution in [0.3, 0.4) is 0 Å². The van der Waals surface area contributed by atoms with E-state index in [1.807, 2.05) is 18.5 Å². The summed E-state index contributed by atoms with van der Waals surface area (Å²) in [5.41, 5.74) is 3.91. The molecule has 1 unspecified atom stereocenters. The molecule has 0 fully saturated rings. The SMILES string of the molecule is CCC(C)n1nc(C)c(-c2cc(-c3nn4c(C(F)(F)F)nnc4s3)[nH]n2)c1C. The Labute approximate surface area is 161 Å². The first-order valence-electron chi connectivity index (χ1n) is 8.62. The number of H-pyrrole nitrogens is 1. The second-order valence-electron chi connectivity index (χ2n) is 6.54. The van der Waals surface area contributed by atoms with Crippen LogP contribution >= 0.6 is 11.3 Å². The lowest BCUT2D eigenvalue weighted by atomic mass is 10.1. The van der Waals surface area contributed by atoms with E-state index in [9.17, 15) is 13.2 Å². The summed E-state index contributed by atoms with van der Waals surface area (Å²) in [6, 6.07) is 2.02. The maximum atomic E-state index is 13.0. The Kier molecular flexibility index (Phi) is 4.25. The Morgan fingerprint density at radius 3 is 2.64 bits per heavy atom. The summed E-state index contributed by atoms with van der Waals surface area (Å²) in [6.45, 7) is 8.08. The van der Waals surface area contributed by atoms with Crippen molar-refractivity contribution in [3.05, 3.63) is 23.3 Å². The topological polar surface area (TPSA) is 89.6 Å². The summed E-state index contributed by atoms with van der Waals surface area (Å²) >= 11 is 1.00. The molecule has 4 aromatic rings. The minimum Gasteiger partial charge on any atom is -0.275 e. The normalized spacial score (nSPS) is 13.5. The van der Waals surface area contributed by atoms with Crippen LogP contribution in [0.15, 0.2) is 6.07 Å². The quantitative estimate of drug-likeness (QED) is 0.548. The van der Waals surface area contributed by atoms with E-state index in [0.29, 0.717) is 20.9 Å². The Morgan fingerprint density at radius 2 is 1.96 bits per heavy atom. The molecule has 0 aliphatic heterocycles. The van der Waals surface area contributed by atoms with Crippen LogP contribution in [0.5, 0.6) is 0 Å². The molecular formula is C16H17F3N8S. The number of rotatable bonds is 4. The molecule has 1 atom stereocenters.